The first-order chi connectivity index (χ1) is 11.3. The Labute approximate surface area is 137 Å². The van der Waals surface area contributed by atoms with Gasteiger partial charge in [0.25, 0.3) is 0 Å². The third-order valence-corrected chi connectivity index (χ3v) is 4.45. The first-order valence-corrected chi connectivity index (χ1v) is 8.29. The van der Waals surface area contributed by atoms with Crippen LogP contribution in [0.1, 0.15) is 12.5 Å². The average molecular weight is 321 g/mol. The van der Waals surface area contributed by atoms with Crippen LogP contribution in [0, 0.1) is 0 Å². The van der Waals surface area contributed by atoms with E-state index in [0.717, 1.165) is 33.6 Å². The predicted molar refractivity (Wildman–Crippen MR) is 93.2 cm³/mol. The second-order valence-corrected chi connectivity index (χ2v) is 6.12. The van der Waals surface area contributed by atoms with E-state index in [1.165, 1.54) is 16.9 Å². The van der Waals surface area contributed by atoms with Gasteiger partial charge in [0, 0.05) is 11.3 Å². The minimum atomic E-state index is 0.756. The van der Waals surface area contributed by atoms with Gasteiger partial charge in [0.1, 0.15) is 0 Å². The molecular weight excluding hydrogens is 306 g/mol. The van der Waals surface area contributed by atoms with Crippen molar-refractivity contribution in [2.75, 3.05) is 5.32 Å². The Morgan fingerprint density at radius 1 is 1.00 bits per heavy atom. The zero-order valence-electron chi connectivity index (χ0n) is 12.6. The van der Waals surface area contributed by atoms with Gasteiger partial charge in [-0.3, -0.25) is 0 Å². The number of rotatable bonds is 4. The lowest BCUT2D eigenvalue weighted by molar-refractivity contribution is 0.970. The fourth-order valence-corrected chi connectivity index (χ4v) is 3.14. The maximum absolute atomic E-state index is 4.59. The van der Waals surface area contributed by atoms with Gasteiger partial charge in [-0.1, -0.05) is 60.7 Å². The van der Waals surface area contributed by atoms with Crippen molar-refractivity contribution in [2.24, 2.45) is 0 Å². The van der Waals surface area contributed by atoms with Crippen LogP contribution in [0.15, 0.2) is 54.6 Å². The van der Waals surface area contributed by atoms with Crippen molar-refractivity contribution < 1.29 is 0 Å². The molecule has 23 heavy (non-hydrogen) atoms. The highest BCUT2D eigenvalue weighted by atomic mass is 32.1. The number of benzene rings is 2. The van der Waals surface area contributed by atoms with E-state index in [1.807, 2.05) is 30.3 Å². The number of nitrogens with zero attached hydrogens (tertiary/aromatic N) is 4. The molecule has 0 saturated heterocycles. The maximum Gasteiger partial charge on any atom is 0.236 e. The molecule has 2 aromatic heterocycles. The number of hydrogen-bond acceptors (Lipinski definition) is 5. The molecule has 1 N–H and O–H groups in total. The van der Waals surface area contributed by atoms with E-state index >= 15 is 0 Å². The maximum atomic E-state index is 4.59. The molecule has 0 radical (unpaired) electrons. The molecule has 2 heterocycles. The summed E-state index contributed by atoms with van der Waals surface area (Å²) in [5.74, 6) is 0.756. The lowest BCUT2D eigenvalue weighted by Crippen LogP contribution is -1.94. The molecule has 0 fully saturated rings. The second kappa shape index (κ2) is 5.81. The fourth-order valence-electron chi connectivity index (χ4n) is 2.38. The number of nitrogens with one attached hydrogen (secondary N) is 1. The van der Waals surface area contributed by atoms with Gasteiger partial charge in [0.2, 0.25) is 10.1 Å². The van der Waals surface area contributed by atoms with Crippen LogP contribution < -0.4 is 5.32 Å². The van der Waals surface area contributed by atoms with Gasteiger partial charge < -0.3 is 5.32 Å². The summed E-state index contributed by atoms with van der Waals surface area (Å²) in [5, 5.41) is 17.2. The zero-order valence-corrected chi connectivity index (χ0v) is 13.4. The smallest absolute Gasteiger partial charge is 0.236 e. The molecule has 0 bridgehead atoms. The van der Waals surface area contributed by atoms with Crippen LogP contribution in [0.2, 0.25) is 0 Å². The van der Waals surface area contributed by atoms with E-state index < -0.39 is 0 Å². The van der Waals surface area contributed by atoms with Crippen molar-refractivity contribution in [3.8, 4) is 11.4 Å². The first-order valence-electron chi connectivity index (χ1n) is 7.47. The summed E-state index contributed by atoms with van der Waals surface area (Å²) in [6.07, 6.45) is 1.04. The molecule has 5 nitrogen and oxygen atoms in total. The molecule has 0 amide bonds. The molecular formula is C17H15N5S. The molecule has 4 aromatic rings. The monoisotopic (exact) mass is 321 g/mol. The number of hydrogen-bond donors (Lipinski definition) is 1. The molecule has 114 valence electrons. The molecule has 0 aliphatic rings. The third kappa shape index (κ3) is 2.68. The molecule has 6 heteroatoms. The Morgan fingerprint density at radius 2 is 1.78 bits per heavy atom. The third-order valence-electron chi connectivity index (χ3n) is 3.64. The Balaban J connectivity index is 1.65. The molecule has 0 unspecified atom stereocenters. The van der Waals surface area contributed by atoms with Crippen molar-refractivity contribution in [1.82, 2.24) is 19.8 Å². The molecule has 4 rings (SSSR count). The largest absolute Gasteiger partial charge is 0.330 e. The minimum absolute atomic E-state index is 0.756. The Bertz CT molecular complexity index is 925. The van der Waals surface area contributed by atoms with Crippen LogP contribution in [-0.2, 0) is 6.42 Å². The highest BCUT2D eigenvalue weighted by molar-refractivity contribution is 7.20. The highest BCUT2D eigenvalue weighted by Gasteiger charge is 2.13. The van der Waals surface area contributed by atoms with E-state index in [0.29, 0.717) is 0 Å². The van der Waals surface area contributed by atoms with E-state index in [-0.39, 0.29) is 0 Å². The molecule has 2 aromatic carbocycles. The highest BCUT2D eigenvalue weighted by Crippen LogP contribution is 2.26. The standard InChI is InChI=1S/C17H15N5S/c1-2-12-8-10-14(11-9-12)18-16-21-22-15(19-20-17(22)23-16)13-6-4-3-5-7-13/h3-11H,2H2,1H3,(H,18,21). The Hall–Kier alpha value is -2.73. The fraction of sp³-hybridized carbons (Fsp3) is 0.118. The van der Waals surface area contributed by atoms with Gasteiger partial charge in [-0.15, -0.1) is 15.3 Å². The molecule has 0 atom stereocenters. The predicted octanol–water partition coefficient (Wildman–Crippen LogP) is 4.16. The zero-order chi connectivity index (χ0) is 15.6. The van der Waals surface area contributed by atoms with Crippen LogP contribution >= 0.6 is 11.3 Å². The van der Waals surface area contributed by atoms with Gasteiger partial charge in [0.05, 0.1) is 0 Å². The van der Waals surface area contributed by atoms with Crippen molar-refractivity contribution >= 4 is 27.1 Å². The summed E-state index contributed by atoms with van der Waals surface area (Å²) in [6.45, 7) is 2.15. The van der Waals surface area contributed by atoms with Crippen LogP contribution in [0.4, 0.5) is 10.8 Å². The number of aryl methyl sites for hydroxylation is 1. The first kappa shape index (κ1) is 13.9. The summed E-state index contributed by atoms with van der Waals surface area (Å²) in [6, 6.07) is 18.3. The van der Waals surface area contributed by atoms with Gasteiger partial charge in [0.15, 0.2) is 5.82 Å². The summed E-state index contributed by atoms with van der Waals surface area (Å²) >= 11 is 1.48. The second-order valence-electron chi connectivity index (χ2n) is 5.17. The Kier molecular flexibility index (Phi) is 3.51. The summed E-state index contributed by atoms with van der Waals surface area (Å²) in [4.78, 5) is 0.775. The van der Waals surface area contributed by atoms with Gasteiger partial charge >= 0.3 is 0 Å². The summed E-state index contributed by atoms with van der Waals surface area (Å²) < 4.78 is 1.78. The molecule has 0 aliphatic carbocycles. The van der Waals surface area contributed by atoms with Crippen LogP contribution in [0.3, 0.4) is 0 Å². The summed E-state index contributed by atoms with van der Waals surface area (Å²) in [5.41, 5.74) is 3.35. The average Bonchev–Trinajstić information content (AvgIpc) is 3.16. The van der Waals surface area contributed by atoms with E-state index in [1.54, 1.807) is 4.52 Å². The van der Waals surface area contributed by atoms with E-state index in [9.17, 15) is 0 Å². The molecule has 0 saturated carbocycles. The van der Waals surface area contributed by atoms with Crippen LogP contribution in [-0.4, -0.2) is 19.8 Å². The lowest BCUT2D eigenvalue weighted by Gasteiger charge is -2.03. The topological polar surface area (TPSA) is 55.1 Å². The number of anilines is 2. The minimum Gasteiger partial charge on any atom is -0.330 e. The van der Waals surface area contributed by atoms with Crippen molar-refractivity contribution in [1.29, 1.82) is 0 Å². The normalized spacial score (nSPS) is 11.0. The Morgan fingerprint density at radius 3 is 2.52 bits per heavy atom. The van der Waals surface area contributed by atoms with Crippen LogP contribution in [0.5, 0.6) is 0 Å². The quantitative estimate of drug-likeness (QED) is 0.613. The molecule has 0 spiro atoms. The van der Waals surface area contributed by atoms with E-state index in [2.05, 4.69) is 51.8 Å². The van der Waals surface area contributed by atoms with Crippen molar-refractivity contribution in [3.63, 3.8) is 0 Å². The summed E-state index contributed by atoms with van der Waals surface area (Å²) in [7, 11) is 0. The SMILES string of the molecule is CCc1ccc(Nc2nn3c(-c4ccccc4)nnc3s2)cc1. The van der Waals surface area contributed by atoms with Gasteiger partial charge in [-0.05, 0) is 24.1 Å². The van der Waals surface area contributed by atoms with Gasteiger partial charge in [-0.25, -0.2) is 0 Å². The van der Waals surface area contributed by atoms with Crippen LogP contribution in [0.25, 0.3) is 16.3 Å². The van der Waals surface area contributed by atoms with Crippen molar-refractivity contribution in [2.45, 2.75) is 13.3 Å². The number of fused-ring (bicyclic) bond motifs is 1. The van der Waals surface area contributed by atoms with Crippen molar-refractivity contribution in [3.05, 3.63) is 60.2 Å². The number of aromatic nitrogens is 4. The molecule has 0 aliphatic heterocycles. The van der Waals surface area contributed by atoms with Gasteiger partial charge in [-0.2, -0.15) is 4.52 Å². The van der Waals surface area contributed by atoms with E-state index in [4.69, 9.17) is 0 Å². The lowest BCUT2D eigenvalue weighted by atomic mass is 10.1.